The van der Waals surface area contributed by atoms with Crippen molar-refractivity contribution in [3.63, 3.8) is 0 Å². The monoisotopic (exact) mass is 381 g/mol. The molecule has 7 nitrogen and oxygen atoms in total. The Morgan fingerprint density at radius 3 is 1.52 bits per heavy atom. The summed E-state index contributed by atoms with van der Waals surface area (Å²) in [4.78, 5) is 13.3. The lowest BCUT2D eigenvalue weighted by Crippen LogP contribution is -2.07. The molecule has 3 aromatic carbocycles. The third-order valence-electron chi connectivity index (χ3n) is 3.87. The number of hydrogen-bond donors (Lipinski definition) is 3. The van der Waals surface area contributed by atoms with Crippen LogP contribution in [0.25, 0.3) is 0 Å². The van der Waals surface area contributed by atoms with Gasteiger partial charge in [-0.1, -0.05) is 66.7 Å². The molecule has 1 aromatic heterocycles. The maximum absolute atomic E-state index is 4.45. The quantitative estimate of drug-likeness (QED) is 0.315. The summed E-state index contributed by atoms with van der Waals surface area (Å²) in [5.74, 6) is 1.13. The second-order valence-electron chi connectivity index (χ2n) is 6.07. The molecule has 0 aliphatic carbocycles. The van der Waals surface area contributed by atoms with Gasteiger partial charge in [0, 0.05) is 11.4 Å². The van der Waals surface area contributed by atoms with E-state index < -0.39 is 0 Å². The Balaban J connectivity index is 1.57. The van der Waals surface area contributed by atoms with Crippen molar-refractivity contribution in [2.75, 3.05) is 16.1 Å². The second-order valence-corrected chi connectivity index (χ2v) is 6.07. The lowest BCUT2D eigenvalue weighted by Gasteiger charge is -2.10. The van der Waals surface area contributed by atoms with Gasteiger partial charge in [0.05, 0.1) is 6.21 Å². The Morgan fingerprint density at radius 1 is 0.552 bits per heavy atom. The molecule has 0 aliphatic heterocycles. The van der Waals surface area contributed by atoms with Crippen molar-refractivity contribution >= 4 is 35.4 Å². The zero-order valence-corrected chi connectivity index (χ0v) is 15.5. The summed E-state index contributed by atoms with van der Waals surface area (Å²) < 4.78 is 0. The van der Waals surface area contributed by atoms with Crippen molar-refractivity contribution in [1.82, 2.24) is 15.0 Å². The molecular weight excluding hydrogens is 362 g/mol. The Hall–Kier alpha value is -4.26. The minimum absolute atomic E-state index is 0.323. The molecule has 0 amide bonds. The Bertz CT molecular complexity index is 1010. The first-order valence-electron chi connectivity index (χ1n) is 9.09. The molecule has 4 rings (SSSR count). The van der Waals surface area contributed by atoms with Gasteiger partial charge < -0.3 is 10.6 Å². The molecule has 142 valence electrons. The van der Waals surface area contributed by atoms with E-state index in [-0.39, 0.29) is 0 Å². The lowest BCUT2D eigenvalue weighted by molar-refractivity contribution is 1.04. The normalized spacial score (nSPS) is 10.6. The molecule has 4 aromatic rings. The highest BCUT2D eigenvalue weighted by Gasteiger charge is 2.07. The molecule has 0 spiro atoms. The van der Waals surface area contributed by atoms with Gasteiger partial charge in [0.1, 0.15) is 0 Å². The molecule has 3 N–H and O–H groups in total. The smallest absolute Gasteiger partial charge is 0.250 e. The van der Waals surface area contributed by atoms with Gasteiger partial charge in [0.15, 0.2) is 0 Å². The van der Waals surface area contributed by atoms with E-state index in [1.165, 1.54) is 0 Å². The zero-order chi connectivity index (χ0) is 19.7. The van der Waals surface area contributed by atoms with E-state index in [4.69, 9.17) is 0 Å². The number of para-hydroxylation sites is 2. The van der Waals surface area contributed by atoms with E-state index in [9.17, 15) is 0 Å². The fourth-order valence-corrected chi connectivity index (χ4v) is 2.54. The van der Waals surface area contributed by atoms with Gasteiger partial charge >= 0.3 is 0 Å². The van der Waals surface area contributed by atoms with Crippen molar-refractivity contribution in [2.24, 2.45) is 5.10 Å². The Morgan fingerprint density at radius 2 is 1.00 bits per heavy atom. The third kappa shape index (κ3) is 5.36. The average Bonchev–Trinajstić information content (AvgIpc) is 2.76. The van der Waals surface area contributed by atoms with Crippen molar-refractivity contribution in [3.05, 3.63) is 96.6 Å². The van der Waals surface area contributed by atoms with Crippen LogP contribution in [0, 0.1) is 0 Å². The highest BCUT2D eigenvalue weighted by Crippen LogP contribution is 2.18. The maximum Gasteiger partial charge on any atom is 0.250 e. The number of aromatic nitrogens is 3. The third-order valence-corrected chi connectivity index (χ3v) is 3.87. The molecule has 0 saturated heterocycles. The Labute approximate surface area is 168 Å². The predicted molar refractivity (Wildman–Crippen MR) is 117 cm³/mol. The molecule has 0 fully saturated rings. The molecule has 0 radical (unpaired) electrons. The van der Waals surface area contributed by atoms with E-state index in [2.05, 4.69) is 36.1 Å². The van der Waals surface area contributed by atoms with E-state index >= 15 is 0 Å². The largest absolute Gasteiger partial charge is 0.324 e. The molecule has 0 saturated carbocycles. The zero-order valence-electron chi connectivity index (χ0n) is 15.5. The molecule has 0 aliphatic rings. The van der Waals surface area contributed by atoms with Gasteiger partial charge in [-0.2, -0.15) is 20.1 Å². The maximum atomic E-state index is 4.45. The highest BCUT2D eigenvalue weighted by atomic mass is 15.4. The fourth-order valence-electron chi connectivity index (χ4n) is 2.54. The summed E-state index contributed by atoms with van der Waals surface area (Å²) in [6.45, 7) is 0. The molecule has 0 atom stereocenters. The summed E-state index contributed by atoms with van der Waals surface area (Å²) in [6, 6.07) is 29.2. The number of anilines is 5. The van der Waals surface area contributed by atoms with Crippen molar-refractivity contribution < 1.29 is 0 Å². The van der Waals surface area contributed by atoms with Crippen LogP contribution in [0.5, 0.6) is 0 Å². The van der Waals surface area contributed by atoms with Crippen LogP contribution < -0.4 is 16.1 Å². The van der Waals surface area contributed by atoms with Crippen LogP contribution in [-0.2, 0) is 0 Å². The van der Waals surface area contributed by atoms with Crippen LogP contribution in [0.1, 0.15) is 5.56 Å². The van der Waals surface area contributed by atoms with E-state index in [0.717, 1.165) is 16.9 Å². The first kappa shape index (κ1) is 18.1. The standard InChI is InChI=1S/C22H19N7/c1-4-10-17(11-5-1)16-23-29-22-27-20(24-18-12-6-2-7-13-18)26-21(28-22)25-19-14-8-3-9-15-19/h1-16H,(H3,24,25,26,27,28,29)/b23-16-. The molecule has 0 unspecified atom stereocenters. The molecular formula is C22H19N7. The van der Waals surface area contributed by atoms with Crippen molar-refractivity contribution in [2.45, 2.75) is 0 Å². The molecule has 0 bridgehead atoms. The van der Waals surface area contributed by atoms with Crippen LogP contribution in [0.4, 0.5) is 29.2 Å². The van der Waals surface area contributed by atoms with Crippen molar-refractivity contribution in [1.29, 1.82) is 0 Å². The second kappa shape index (κ2) is 9.09. The SMILES string of the molecule is C(=N/Nc1nc(Nc2ccccc2)nc(Nc2ccccc2)n1)/c1ccccc1. The molecule has 1 heterocycles. The topological polar surface area (TPSA) is 87.1 Å². The minimum Gasteiger partial charge on any atom is -0.324 e. The number of hydrogen-bond acceptors (Lipinski definition) is 7. The molecule has 29 heavy (non-hydrogen) atoms. The average molecular weight is 381 g/mol. The van der Waals surface area contributed by atoms with Crippen LogP contribution in [-0.4, -0.2) is 21.2 Å². The number of benzene rings is 3. The van der Waals surface area contributed by atoms with Crippen LogP contribution >= 0.6 is 0 Å². The highest BCUT2D eigenvalue weighted by molar-refractivity contribution is 5.79. The van der Waals surface area contributed by atoms with Crippen LogP contribution in [0.3, 0.4) is 0 Å². The summed E-state index contributed by atoms with van der Waals surface area (Å²) in [7, 11) is 0. The Kier molecular flexibility index (Phi) is 5.68. The van der Waals surface area contributed by atoms with Gasteiger partial charge in [0.25, 0.3) is 0 Å². The number of nitrogens with zero attached hydrogens (tertiary/aromatic N) is 4. The molecule has 7 heteroatoms. The number of rotatable bonds is 7. The van der Waals surface area contributed by atoms with Gasteiger partial charge in [-0.05, 0) is 29.8 Å². The van der Waals surface area contributed by atoms with Gasteiger partial charge in [0.2, 0.25) is 17.8 Å². The van der Waals surface area contributed by atoms with Crippen LogP contribution in [0.15, 0.2) is 96.1 Å². The summed E-state index contributed by atoms with van der Waals surface area (Å²) in [6.07, 6.45) is 1.71. The fraction of sp³-hybridized carbons (Fsp3) is 0. The summed E-state index contributed by atoms with van der Waals surface area (Å²) in [5, 5.41) is 10.6. The van der Waals surface area contributed by atoms with Gasteiger partial charge in [-0.15, -0.1) is 0 Å². The summed E-state index contributed by atoms with van der Waals surface area (Å²) in [5.41, 5.74) is 5.60. The lowest BCUT2D eigenvalue weighted by atomic mass is 10.2. The first-order valence-corrected chi connectivity index (χ1v) is 9.09. The number of hydrazone groups is 1. The van der Waals surface area contributed by atoms with E-state index in [1.54, 1.807) is 6.21 Å². The van der Waals surface area contributed by atoms with Gasteiger partial charge in [-0.25, -0.2) is 5.43 Å². The first-order chi connectivity index (χ1) is 14.3. The number of nitrogens with one attached hydrogen (secondary N) is 3. The van der Waals surface area contributed by atoms with E-state index in [1.807, 2.05) is 91.0 Å². The summed E-state index contributed by atoms with van der Waals surface area (Å²) >= 11 is 0. The van der Waals surface area contributed by atoms with E-state index in [0.29, 0.717) is 17.8 Å². The minimum atomic E-state index is 0.323. The van der Waals surface area contributed by atoms with Crippen molar-refractivity contribution in [3.8, 4) is 0 Å². The van der Waals surface area contributed by atoms with Crippen LogP contribution in [0.2, 0.25) is 0 Å². The van der Waals surface area contributed by atoms with Gasteiger partial charge in [-0.3, -0.25) is 0 Å². The predicted octanol–water partition coefficient (Wildman–Crippen LogP) is 4.80.